The molecule has 3 nitrogen and oxygen atoms in total. The average molecular weight is 294 g/mol. The van der Waals surface area contributed by atoms with Gasteiger partial charge < -0.3 is 10.2 Å². The Morgan fingerprint density at radius 3 is 2.55 bits per heavy atom. The molecule has 1 aromatic rings. The monoisotopic (exact) mass is 294 g/mol. The van der Waals surface area contributed by atoms with Crippen molar-refractivity contribution in [3.8, 4) is 0 Å². The van der Waals surface area contributed by atoms with Crippen LogP contribution in [0.4, 0.5) is 0 Å². The van der Waals surface area contributed by atoms with Crippen LogP contribution < -0.4 is 5.32 Å². The predicted octanol–water partition coefficient (Wildman–Crippen LogP) is 2.90. The minimum absolute atomic E-state index is 0.315. The van der Waals surface area contributed by atoms with Crippen molar-refractivity contribution in [1.82, 2.24) is 10.2 Å². The van der Waals surface area contributed by atoms with Crippen LogP contribution in [0.25, 0.3) is 0 Å². The van der Waals surface area contributed by atoms with Gasteiger partial charge in [0.15, 0.2) is 0 Å². The summed E-state index contributed by atoms with van der Waals surface area (Å²) in [4.78, 5) is 17.1. The van der Waals surface area contributed by atoms with E-state index in [4.69, 9.17) is 0 Å². The van der Waals surface area contributed by atoms with E-state index in [1.807, 2.05) is 16.2 Å². The summed E-state index contributed by atoms with van der Waals surface area (Å²) < 4.78 is 0. The van der Waals surface area contributed by atoms with Crippen LogP contribution in [0.5, 0.6) is 0 Å². The third-order valence-electron chi connectivity index (χ3n) is 3.89. The number of piperazine rings is 1. The molecule has 1 fully saturated rings. The lowest BCUT2D eigenvalue weighted by atomic mass is 10.1. The lowest BCUT2D eigenvalue weighted by Crippen LogP contribution is -2.55. The summed E-state index contributed by atoms with van der Waals surface area (Å²) in [6.07, 6.45) is 2.66. The van der Waals surface area contributed by atoms with Crippen molar-refractivity contribution < 1.29 is 4.79 Å². The largest absolute Gasteiger partial charge is 0.340 e. The number of nitrogens with one attached hydrogen (secondary N) is 1. The fraction of sp³-hybridized carbons (Fsp3) is 0.688. The third-order valence-corrected chi connectivity index (χ3v) is 4.90. The standard InChI is InChI=1S/C16H26N2OS/c1-11-9-18(10-12(2)17-11)16(19)7-5-6-15-8-13(3)20-14(15)4/h8,11-12,17H,5-7,9-10H2,1-4H3. The van der Waals surface area contributed by atoms with Crippen LogP contribution in [0, 0.1) is 13.8 Å². The second kappa shape index (κ2) is 6.72. The maximum atomic E-state index is 12.3. The summed E-state index contributed by atoms with van der Waals surface area (Å²) in [5, 5.41) is 3.46. The molecule has 2 atom stereocenters. The van der Waals surface area contributed by atoms with Gasteiger partial charge in [0.05, 0.1) is 0 Å². The summed E-state index contributed by atoms with van der Waals surface area (Å²) in [7, 11) is 0. The van der Waals surface area contributed by atoms with E-state index in [1.165, 1.54) is 15.3 Å². The van der Waals surface area contributed by atoms with E-state index in [1.54, 1.807) is 0 Å². The molecule has 0 aromatic carbocycles. The molecule has 1 saturated heterocycles. The highest BCUT2D eigenvalue weighted by Gasteiger charge is 2.24. The Hall–Kier alpha value is -0.870. The Morgan fingerprint density at radius 1 is 1.35 bits per heavy atom. The Balaban J connectivity index is 1.79. The molecule has 0 spiro atoms. The topological polar surface area (TPSA) is 32.3 Å². The number of carbonyl (C=O) groups excluding carboxylic acids is 1. The van der Waals surface area contributed by atoms with Crippen molar-refractivity contribution in [3.63, 3.8) is 0 Å². The first-order valence-corrected chi connectivity index (χ1v) is 8.37. The van der Waals surface area contributed by atoms with E-state index >= 15 is 0 Å². The van der Waals surface area contributed by atoms with Crippen molar-refractivity contribution in [2.75, 3.05) is 13.1 Å². The molecule has 0 aliphatic carbocycles. The molecule has 1 aliphatic heterocycles. The van der Waals surface area contributed by atoms with Gasteiger partial charge >= 0.3 is 0 Å². The van der Waals surface area contributed by atoms with Gasteiger partial charge in [0, 0.05) is 41.3 Å². The Morgan fingerprint density at radius 2 is 2.00 bits per heavy atom. The predicted molar refractivity (Wildman–Crippen MR) is 85.4 cm³/mol. The molecule has 20 heavy (non-hydrogen) atoms. The normalized spacial score (nSPS) is 23.1. The smallest absolute Gasteiger partial charge is 0.222 e. The van der Waals surface area contributed by atoms with Gasteiger partial charge in [0.2, 0.25) is 5.91 Å². The van der Waals surface area contributed by atoms with Gasteiger partial charge in [-0.25, -0.2) is 0 Å². The first kappa shape index (κ1) is 15.5. The van der Waals surface area contributed by atoms with E-state index in [-0.39, 0.29) is 0 Å². The summed E-state index contributed by atoms with van der Waals surface area (Å²) >= 11 is 1.85. The number of amides is 1. The van der Waals surface area contributed by atoms with Crippen molar-refractivity contribution >= 4 is 17.2 Å². The van der Waals surface area contributed by atoms with Gasteiger partial charge in [0.1, 0.15) is 0 Å². The molecule has 0 bridgehead atoms. The number of hydrogen-bond donors (Lipinski definition) is 1. The van der Waals surface area contributed by atoms with Gasteiger partial charge in [-0.15, -0.1) is 11.3 Å². The summed E-state index contributed by atoms with van der Waals surface area (Å²) in [6, 6.07) is 3.08. The molecular formula is C16H26N2OS. The second-order valence-corrected chi connectivity index (χ2v) is 7.52. The zero-order valence-electron chi connectivity index (χ0n) is 13.0. The van der Waals surface area contributed by atoms with Crippen LogP contribution >= 0.6 is 11.3 Å². The molecule has 112 valence electrons. The molecule has 1 N–H and O–H groups in total. The molecule has 1 aromatic heterocycles. The van der Waals surface area contributed by atoms with Crippen LogP contribution in [0.3, 0.4) is 0 Å². The summed E-state index contributed by atoms with van der Waals surface area (Å²) in [5.41, 5.74) is 1.42. The van der Waals surface area contributed by atoms with Crippen LogP contribution in [0.15, 0.2) is 6.07 Å². The van der Waals surface area contributed by atoms with Crippen molar-refractivity contribution in [3.05, 3.63) is 21.4 Å². The quantitative estimate of drug-likeness (QED) is 0.926. The highest BCUT2D eigenvalue weighted by molar-refractivity contribution is 7.12. The number of hydrogen-bond acceptors (Lipinski definition) is 3. The maximum Gasteiger partial charge on any atom is 0.222 e. The SMILES string of the molecule is Cc1cc(CCCC(=O)N2CC(C)NC(C)C2)c(C)s1. The molecule has 1 amide bonds. The zero-order valence-corrected chi connectivity index (χ0v) is 13.8. The van der Waals surface area contributed by atoms with E-state index in [0.29, 0.717) is 24.4 Å². The molecule has 0 saturated carbocycles. The van der Waals surface area contributed by atoms with E-state index < -0.39 is 0 Å². The van der Waals surface area contributed by atoms with Crippen LogP contribution in [0.2, 0.25) is 0 Å². The second-order valence-electron chi connectivity index (χ2n) is 6.06. The van der Waals surface area contributed by atoms with Gasteiger partial charge in [-0.1, -0.05) is 0 Å². The highest BCUT2D eigenvalue weighted by atomic mass is 32.1. The number of thiophene rings is 1. The fourth-order valence-electron chi connectivity index (χ4n) is 3.05. The molecule has 2 heterocycles. The molecule has 2 rings (SSSR count). The number of nitrogens with zero attached hydrogens (tertiary/aromatic N) is 1. The maximum absolute atomic E-state index is 12.3. The Labute approximate surface area is 126 Å². The molecule has 0 radical (unpaired) electrons. The lowest BCUT2D eigenvalue weighted by Gasteiger charge is -2.36. The number of aryl methyl sites for hydroxylation is 3. The fourth-order valence-corrected chi connectivity index (χ4v) is 4.03. The van der Waals surface area contributed by atoms with Gasteiger partial charge in [-0.05, 0) is 52.2 Å². The van der Waals surface area contributed by atoms with Gasteiger partial charge in [0.25, 0.3) is 0 Å². The van der Waals surface area contributed by atoms with Crippen LogP contribution in [-0.4, -0.2) is 36.0 Å². The molecule has 4 heteroatoms. The van der Waals surface area contributed by atoms with E-state index in [0.717, 1.165) is 25.9 Å². The zero-order chi connectivity index (χ0) is 14.7. The first-order valence-electron chi connectivity index (χ1n) is 7.55. The van der Waals surface area contributed by atoms with E-state index in [2.05, 4.69) is 39.1 Å². The first-order chi connectivity index (χ1) is 9.45. The molecular weight excluding hydrogens is 268 g/mol. The van der Waals surface area contributed by atoms with Gasteiger partial charge in [-0.2, -0.15) is 0 Å². The van der Waals surface area contributed by atoms with Crippen molar-refractivity contribution in [2.24, 2.45) is 0 Å². The van der Waals surface area contributed by atoms with Crippen molar-refractivity contribution in [1.29, 1.82) is 0 Å². The van der Waals surface area contributed by atoms with Crippen LogP contribution in [0.1, 0.15) is 42.0 Å². The Kier molecular flexibility index (Phi) is 5.22. The highest BCUT2D eigenvalue weighted by Crippen LogP contribution is 2.22. The minimum atomic E-state index is 0.315. The van der Waals surface area contributed by atoms with Crippen LogP contribution in [-0.2, 0) is 11.2 Å². The lowest BCUT2D eigenvalue weighted by molar-refractivity contribution is -0.133. The molecule has 2 unspecified atom stereocenters. The van der Waals surface area contributed by atoms with Crippen molar-refractivity contribution in [2.45, 2.75) is 59.0 Å². The number of rotatable bonds is 4. The van der Waals surface area contributed by atoms with E-state index in [9.17, 15) is 4.79 Å². The third kappa shape index (κ3) is 4.06. The van der Waals surface area contributed by atoms with Gasteiger partial charge in [-0.3, -0.25) is 4.79 Å². The Bertz CT molecular complexity index is 459. The minimum Gasteiger partial charge on any atom is -0.340 e. The average Bonchev–Trinajstić information content (AvgIpc) is 2.66. The summed E-state index contributed by atoms with van der Waals surface area (Å²) in [6.45, 7) is 10.3. The summed E-state index contributed by atoms with van der Waals surface area (Å²) in [5.74, 6) is 0.315. The molecule has 1 aliphatic rings. The number of carbonyl (C=O) groups is 1.